The molecule has 1 fully saturated rings. The van der Waals surface area contributed by atoms with Crippen molar-refractivity contribution in [1.82, 2.24) is 5.32 Å². The second-order valence-electron chi connectivity index (χ2n) is 7.89. The second kappa shape index (κ2) is 9.39. The van der Waals surface area contributed by atoms with Gasteiger partial charge in [0.25, 0.3) is 5.91 Å². The number of fused-ring (bicyclic) bond motifs is 1. The van der Waals surface area contributed by atoms with Crippen LogP contribution in [0.2, 0.25) is 0 Å². The van der Waals surface area contributed by atoms with Gasteiger partial charge in [0.1, 0.15) is 18.1 Å². The molecule has 0 radical (unpaired) electrons. The molecule has 1 aromatic rings. The fraction of sp³-hybridized carbons (Fsp3) is 0.619. The molecule has 1 amide bonds. The van der Waals surface area contributed by atoms with E-state index in [9.17, 15) is 9.59 Å². The van der Waals surface area contributed by atoms with Crippen LogP contribution in [-0.4, -0.2) is 60.9 Å². The van der Waals surface area contributed by atoms with E-state index >= 15 is 0 Å². The Hall–Kier alpha value is -2.12. The van der Waals surface area contributed by atoms with Gasteiger partial charge in [-0.25, -0.2) is 0 Å². The van der Waals surface area contributed by atoms with Crippen LogP contribution in [0, 0.1) is 5.92 Å². The number of hydrogen-bond acceptors (Lipinski definition) is 6. The van der Waals surface area contributed by atoms with Gasteiger partial charge in [-0.2, -0.15) is 0 Å². The fourth-order valence-electron chi connectivity index (χ4n) is 3.94. The molecule has 7 heteroatoms. The Kier molecular flexibility index (Phi) is 6.91. The maximum atomic E-state index is 12.6. The molecule has 1 heterocycles. The maximum absolute atomic E-state index is 12.6. The number of aliphatic hydroxyl groups excluding tert-OH is 2. The van der Waals surface area contributed by atoms with E-state index in [1.54, 1.807) is 12.1 Å². The minimum absolute atomic E-state index is 0.0212. The predicted molar refractivity (Wildman–Crippen MR) is 106 cm³/mol. The van der Waals surface area contributed by atoms with Crippen LogP contribution in [0.25, 0.3) is 0 Å². The molecule has 0 spiro atoms. The first-order chi connectivity index (χ1) is 13.5. The minimum atomic E-state index is -0.416. The highest BCUT2D eigenvalue weighted by Crippen LogP contribution is 2.35. The lowest BCUT2D eigenvalue weighted by Gasteiger charge is -2.36. The third-order valence-corrected chi connectivity index (χ3v) is 5.77. The van der Waals surface area contributed by atoms with Crippen molar-refractivity contribution in [3.05, 3.63) is 23.8 Å². The number of rotatable bonds is 8. The average Bonchev–Trinajstić information content (AvgIpc) is 3.21. The highest BCUT2D eigenvalue weighted by Gasteiger charge is 2.28. The van der Waals surface area contributed by atoms with E-state index in [1.165, 1.54) is 0 Å². The van der Waals surface area contributed by atoms with Crippen molar-refractivity contribution in [1.29, 1.82) is 0 Å². The zero-order valence-corrected chi connectivity index (χ0v) is 16.4. The zero-order valence-electron chi connectivity index (χ0n) is 16.4. The summed E-state index contributed by atoms with van der Waals surface area (Å²) in [5, 5.41) is 21.4. The van der Waals surface area contributed by atoms with Gasteiger partial charge in [-0.15, -0.1) is 0 Å². The lowest BCUT2D eigenvalue weighted by molar-refractivity contribution is -0.121. The average molecular weight is 390 g/mol. The molecule has 28 heavy (non-hydrogen) atoms. The molecule has 1 aromatic carbocycles. The predicted octanol–water partition coefficient (Wildman–Crippen LogP) is 1.51. The molecule has 0 aromatic heterocycles. The van der Waals surface area contributed by atoms with Crippen molar-refractivity contribution < 1.29 is 24.5 Å². The smallest absolute Gasteiger partial charge is 0.251 e. The molecule has 154 valence electrons. The van der Waals surface area contributed by atoms with Crippen LogP contribution in [0.1, 0.15) is 48.9 Å². The molecule has 7 nitrogen and oxygen atoms in total. The van der Waals surface area contributed by atoms with Crippen LogP contribution in [0.5, 0.6) is 5.75 Å². The third kappa shape index (κ3) is 4.83. The molecule has 0 saturated heterocycles. The van der Waals surface area contributed by atoms with Gasteiger partial charge in [-0.1, -0.05) is 12.8 Å². The normalized spacial score (nSPS) is 19.4. The number of carbonyl (C=O) groups is 2. The van der Waals surface area contributed by atoms with Gasteiger partial charge in [-0.05, 0) is 31.0 Å². The Balaban J connectivity index is 1.66. The minimum Gasteiger partial charge on any atom is -0.489 e. The van der Waals surface area contributed by atoms with Crippen LogP contribution in [0.15, 0.2) is 18.2 Å². The summed E-state index contributed by atoms with van der Waals surface area (Å²) in [4.78, 5) is 26.8. The van der Waals surface area contributed by atoms with E-state index < -0.39 is 5.92 Å². The largest absolute Gasteiger partial charge is 0.489 e. The number of Topliss-reactive ketones (excluding diaryl/α,β-unsaturated/α-hetero) is 1. The Morgan fingerprint density at radius 1 is 1.25 bits per heavy atom. The molecule has 3 N–H and O–H groups in total. The van der Waals surface area contributed by atoms with Crippen molar-refractivity contribution in [3.63, 3.8) is 0 Å². The maximum Gasteiger partial charge on any atom is 0.251 e. The van der Waals surface area contributed by atoms with Crippen molar-refractivity contribution in [2.24, 2.45) is 5.92 Å². The van der Waals surface area contributed by atoms with E-state index in [4.69, 9.17) is 14.9 Å². The molecule has 1 atom stereocenters. The van der Waals surface area contributed by atoms with Crippen molar-refractivity contribution in [2.45, 2.75) is 50.6 Å². The van der Waals surface area contributed by atoms with Gasteiger partial charge in [0.15, 0.2) is 0 Å². The number of benzene rings is 1. The Bertz CT molecular complexity index is 698. The Labute approximate surface area is 165 Å². The highest BCUT2D eigenvalue weighted by molar-refractivity contribution is 5.96. The summed E-state index contributed by atoms with van der Waals surface area (Å²) in [5.74, 6) is 0.190. The molecule has 3 rings (SSSR count). The summed E-state index contributed by atoms with van der Waals surface area (Å²) in [6, 6.07) is 5.51. The molecule has 0 bridgehead atoms. The molecular formula is C21H30N2O5. The van der Waals surface area contributed by atoms with Gasteiger partial charge in [0.05, 0.1) is 11.7 Å². The third-order valence-electron chi connectivity index (χ3n) is 5.77. The molecule has 1 aliphatic carbocycles. The zero-order chi connectivity index (χ0) is 20.1. The summed E-state index contributed by atoms with van der Waals surface area (Å²) in [6.07, 6.45) is 4.81. The van der Waals surface area contributed by atoms with E-state index in [2.05, 4.69) is 5.32 Å². The van der Waals surface area contributed by atoms with Gasteiger partial charge in [0.2, 0.25) is 0 Å². The SMILES string of the molecule is CN1c2cc(C(=O)NC3CCCC3)ccc2OCC1CC(=O)CC(CO)CO. The summed E-state index contributed by atoms with van der Waals surface area (Å²) in [7, 11) is 1.90. The van der Waals surface area contributed by atoms with Crippen molar-refractivity contribution >= 4 is 17.4 Å². The lowest BCUT2D eigenvalue weighted by atomic mass is 9.98. The second-order valence-corrected chi connectivity index (χ2v) is 7.89. The van der Waals surface area contributed by atoms with Gasteiger partial charge in [-0.3, -0.25) is 9.59 Å². The van der Waals surface area contributed by atoms with E-state index in [0.717, 1.165) is 31.4 Å². The summed E-state index contributed by atoms with van der Waals surface area (Å²) in [5.41, 5.74) is 1.39. The van der Waals surface area contributed by atoms with Gasteiger partial charge >= 0.3 is 0 Å². The number of nitrogens with one attached hydrogen (secondary N) is 1. The van der Waals surface area contributed by atoms with Crippen LogP contribution in [0.4, 0.5) is 5.69 Å². The van der Waals surface area contributed by atoms with Gasteiger partial charge < -0.3 is 25.2 Å². The first-order valence-electron chi connectivity index (χ1n) is 10.1. The number of amides is 1. The first-order valence-corrected chi connectivity index (χ1v) is 10.1. The standard InChI is InChI=1S/C21H30N2O5/c1-23-17(10-18(26)8-14(11-24)12-25)13-28-20-7-6-15(9-19(20)23)21(27)22-16-4-2-3-5-16/h6-7,9,14,16-17,24-25H,2-5,8,10-13H2,1H3,(H,22,27). The number of nitrogens with zero attached hydrogens (tertiary/aromatic N) is 1. The molecule has 1 saturated carbocycles. The number of hydrogen-bond donors (Lipinski definition) is 3. The van der Waals surface area contributed by atoms with Crippen LogP contribution in [0.3, 0.4) is 0 Å². The van der Waals surface area contributed by atoms with Crippen LogP contribution >= 0.6 is 0 Å². The summed E-state index contributed by atoms with van der Waals surface area (Å²) in [6.45, 7) is -0.0329. The number of likely N-dealkylation sites (N-methyl/N-ethyl adjacent to an activating group) is 1. The fourth-order valence-corrected chi connectivity index (χ4v) is 3.94. The summed E-state index contributed by atoms with van der Waals surface area (Å²) >= 11 is 0. The number of anilines is 1. The number of ether oxygens (including phenoxy) is 1. The van der Waals surface area contributed by atoms with Gasteiger partial charge in [0, 0.05) is 50.6 Å². The monoisotopic (exact) mass is 390 g/mol. The molecular weight excluding hydrogens is 360 g/mol. The topological polar surface area (TPSA) is 99.1 Å². The number of ketones is 1. The Morgan fingerprint density at radius 3 is 2.64 bits per heavy atom. The van der Waals surface area contributed by atoms with Crippen LogP contribution in [-0.2, 0) is 4.79 Å². The lowest BCUT2D eigenvalue weighted by Crippen LogP contribution is -2.42. The molecule has 1 aliphatic heterocycles. The Morgan fingerprint density at radius 2 is 1.96 bits per heavy atom. The number of aliphatic hydroxyl groups is 2. The molecule has 2 aliphatic rings. The van der Waals surface area contributed by atoms with E-state index in [0.29, 0.717) is 17.9 Å². The van der Waals surface area contributed by atoms with Crippen LogP contribution < -0.4 is 15.0 Å². The first kappa shape index (κ1) is 20.6. The van der Waals surface area contributed by atoms with E-state index in [-0.39, 0.29) is 49.8 Å². The highest BCUT2D eigenvalue weighted by atomic mass is 16.5. The number of carbonyl (C=O) groups excluding carboxylic acids is 2. The summed E-state index contributed by atoms with van der Waals surface area (Å²) < 4.78 is 5.81. The quantitative estimate of drug-likeness (QED) is 0.622. The van der Waals surface area contributed by atoms with E-state index in [1.807, 2.05) is 18.0 Å². The molecule has 1 unspecified atom stereocenters. The van der Waals surface area contributed by atoms with Crippen molar-refractivity contribution in [3.8, 4) is 5.75 Å². The van der Waals surface area contributed by atoms with Crippen molar-refractivity contribution in [2.75, 3.05) is 31.8 Å².